The molecule has 24 heavy (non-hydrogen) atoms. The highest BCUT2D eigenvalue weighted by Gasteiger charge is 2.45. The molecule has 0 saturated carbocycles. The molecule has 1 rings (SSSR count). The Morgan fingerprint density at radius 3 is 2.17 bits per heavy atom. The van der Waals surface area contributed by atoms with Gasteiger partial charge in [-0.2, -0.15) is 26.3 Å². The Balaban J connectivity index is 2.75. The molecule has 13 heteroatoms. The fraction of sp³-hybridized carbons (Fsp3) is 0.818. The first-order valence-corrected chi connectivity index (χ1v) is 6.45. The van der Waals surface area contributed by atoms with E-state index in [0.29, 0.717) is 0 Å². The minimum absolute atomic E-state index is 0.372. The maximum atomic E-state index is 12.3. The quantitative estimate of drug-likeness (QED) is 0.599. The molecule has 1 aliphatic rings. The lowest BCUT2D eigenvalue weighted by Gasteiger charge is -2.39. The molecular weight excluding hydrogens is 354 g/mol. The minimum atomic E-state index is -5.21. The summed E-state index contributed by atoms with van der Waals surface area (Å²) in [6.45, 7) is -0.849. The zero-order valence-electron chi connectivity index (χ0n) is 12.1. The van der Waals surface area contributed by atoms with Crippen molar-refractivity contribution in [3.8, 4) is 0 Å². The van der Waals surface area contributed by atoms with E-state index in [0.717, 1.165) is 7.11 Å². The molecule has 3 N–H and O–H groups in total. The average molecular weight is 368 g/mol. The van der Waals surface area contributed by atoms with E-state index in [1.165, 1.54) is 10.6 Å². The van der Waals surface area contributed by atoms with Crippen molar-refractivity contribution >= 4 is 11.8 Å². The van der Waals surface area contributed by atoms with Crippen molar-refractivity contribution in [2.45, 2.75) is 43.3 Å². The van der Waals surface area contributed by atoms with Gasteiger partial charge in [0.15, 0.2) is 6.29 Å². The maximum absolute atomic E-state index is 12.3. The van der Waals surface area contributed by atoms with Crippen LogP contribution in [0.5, 0.6) is 0 Å². The number of amides is 2. The Morgan fingerprint density at radius 1 is 1.17 bits per heavy atom. The average Bonchev–Trinajstić information content (AvgIpc) is 2.45. The number of alkyl halides is 6. The van der Waals surface area contributed by atoms with Gasteiger partial charge in [0.25, 0.3) is 0 Å². The van der Waals surface area contributed by atoms with Crippen LogP contribution in [0.25, 0.3) is 0 Å². The van der Waals surface area contributed by atoms with Crippen LogP contribution < -0.4 is 10.6 Å². The standard InChI is InChI=1S/C11H14F6N2O5/c1-23-6-2-4(19-9(22)11(15,16)17)7(20)5(24-6)3-18-8(21)10(12,13)14/h4-7,20H,2-3H2,1H3,(H,18,21)(H,19,22)/t4-,5-,6-,7-/m0/s1. The molecule has 0 aromatic carbocycles. The fourth-order valence-corrected chi connectivity index (χ4v) is 1.95. The summed E-state index contributed by atoms with van der Waals surface area (Å²) in [7, 11) is 1.11. The van der Waals surface area contributed by atoms with Crippen molar-refractivity contribution in [2.75, 3.05) is 13.7 Å². The molecule has 4 atom stereocenters. The van der Waals surface area contributed by atoms with Crippen molar-refractivity contribution in [1.29, 1.82) is 0 Å². The third-order valence-electron chi connectivity index (χ3n) is 3.12. The number of rotatable bonds is 4. The summed E-state index contributed by atoms with van der Waals surface area (Å²) in [6, 6.07) is -1.49. The van der Waals surface area contributed by atoms with Crippen LogP contribution in [-0.2, 0) is 19.1 Å². The molecule has 1 saturated heterocycles. The minimum Gasteiger partial charge on any atom is -0.388 e. The predicted molar refractivity (Wildman–Crippen MR) is 63.3 cm³/mol. The summed E-state index contributed by atoms with van der Waals surface area (Å²) < 4.78 is 82.8. The number of ether oxygens (including phenoxy) is 2. The Hall–Kier alpha value is -1.60. The second-order valence-corrected chi connectivity index (χ2v) is 4.85. The molecule has 7 nitrogen and oxygen atoms in total. The zero-order valence-corrected chi connectivity index (χ0v) is 12.1. The van der Waals surface area contributed by atoms with Gasteiger partial charge in [-0.25, -0.2) is 0 Å². The number of methoxy groups -OCH3 is 1. The van der Waals surface area contributed by atoms with Crippen LogP contribution in [0, 0.1) is 0 Å². The molecule has 140 valence electrons. The summed E-state index contributed by atoms with van der Waals surface area (Å²) in [4.78, 5) is 21.7. The Bertz CT molecular complexity index is 469. The summed E-state index contributed by atoms with van der Waals surface area (Å²) >= 11 is 0. The number of hydrogen-bond donors (Lipinski definition) is 3. The first-order valence-electron chi connectivity index (χ1n) is 6.45. The lowest BCUT2D eigenvalue weighted by molar-refractivity contribution is -0.222. The highest BCUT2D eigenvalue weighted by atomic mass is 19.4. The van der Waals surface area contributed by atoms with Crippen LogP contribution in [0.4, 0.5) is 26.3 Å². The molecule has 0 radical (unpaired) electrons. The van der Waals surface area contributed by atoms with E-state index in [1.807, 2.05) is 0 Å². The Kier molecular flexibility index (Phi) is 6.41. The lowest BCUT2D eigenvalue weighted by atomic mass is 9.98. The molecule has 0 aromatic rings. The maximum Gasteiger partial charge on any atom is 0.471 e. The van der Waals surface area contributed by atoms with E-state index < -0.39 is 55.3 Å². The van der Waals surface area contributed by atoms with Gasteiger partial charge >= 0.3 is 24.2 Å². The number of halogens is 6. The third kappa shape index (κ3) is 5.49. The zero-order chi connectivity index (χ0) is 18.7. The van der Waals surface area contributed by atoms with Crippen molar-refractivity contribution in [3.05, 3.63) is 0 Å². The van der Waals surface area contributed by atoms with Crippen LogP contribution in [0.2, 0.25) is 0 Å². The smallest absolute Gasteiger partial charge is 0.388 e. The molecule has 0 aliphatic carbocycles. The van der Waals surface area contributed by atoms with Gasteiger partial charge in [-0.05, 0) is 0 Å². The fourth-order valence-electron chi connectivity index (χ4n) is 1.95. The number of aliphatic hydroxyl groups excluding tert-OH is 1. The van der Waals surface area contributed by atoms with Crippen molar-refractivity contribution in [1.82, 2.24) is 10.6 Å². The van der Waals surface area contributed by atoms with Gasteiger partial charge in [-0.1, -0.05) is 0 Å². The van der Waals surface area contributed by atoms with Crippen LogP contribution >= 0.6 is 0 Å². The van der Waals surface area contributed by atoms with Gasteiger partial charge < -0.3 is 25.2 Å². The van der Waals surface area contributed by atoms with Gasteiger partial charge in [0.2, 0.25) is 0 Å². The number of nitrogens with one attached hydrogen (secondary N) is 2. The molecule has 1 heterocycles. The molecule has 0 unspecified atom stereocenters. The van der Waals surface area contributed by atoms with Gasteiger partial charge in [-0.15, -0.1) is 0 Å². The molecular formula is C11H14F6N2O5. The normalized spacial score (nSPS) is 28.3. The van der Waals surface area contributed by atoms with Crippen LogP contribution in [0.15, 0.2) is 0 Å². The summed E-state index contributed by atoms with van der Waals surface area (Å²) in [5.74, 6) is -4.64. The number of aliphatic hydroxyl groups is 1. The second-order valence-electron chi connectivity index (χ2n) is 4.85. The molecule has 2 amide bonds. The van der Waals surface area contributed by atoms with Crippen molar-refractivity contribution < 1.29 is 50.5 Å². The monoisotopic (exact) mass is 368 g/mol. The van der Waals surface area contributed by atoms with E-state index in [9.17, 15) is 41.0 Å². The number of carbonyl (C=O) groups excluding carboxylic acids is 2. The van der Waals surface area contributed by atoms with E-state index in [1.54, 1.807) is 0 Å². The van der Waals surface area contributed by atoms with E-state index in [2.05, 4.69) is 0 Å². The SMILES string of the molecule is CO[C@@H]1C[C@H](NC(=O)C(F)(F)F)[C@H](O)[C@H](CNC(=O)C(F)(F)F)O1. The van der Waals surface area contributed by atoms with Gasteiger partial charge in [0.1, 0.15) is 12.2 Å². The summed E-state index contributed by atoms with van der Waals surface area (Å²) in [5.41, 5.74) is 0. The summed E-state index contributed by atoms with van der Waals surface area (Å²) in [5, 5.41) is 12.8. The summed E-state index contributed by atoms with van der Waals surface area (Å²) in [6.07, 6.45) is -15.3. The highest BCUT2D eigenvalue weighted by Crippen LogP contribution is 2.23. The number of hydrogen-bond acceptors (Lipinski definition) is 5. The predicted octanol–water partition coefficient (Wildman–Crippen LogP) is -0.166. The van der Waals surface area contributed by atoms with Crippen molar-refractivity contribution in [3.63, 3.8) is 0 Å². The van der Waals surface area contributed by atoms with Crippen molar-refractivity contribution in [2.24, 2.45) is 0 Å². The lowest BCUT2D eigenvalue weighted by Crippen LogP contribution is -2.60. The van der Waals surface area contributed by atoms with Crippen LogP contribution in [0.1, 0.15) is 6.42 Å². The van der Waals surface area contributed by atoms with E-state index in [-0.39, 0.29) is 6.42 Å². The molecule has 1 fully saturated rings. The Morgan fingerprint density at radius 2 is 1.71 bits per heavy atom. The third-order valence-corrected chi connectivity index (χ3v) is 3.12. The topological polar surface area (TPSA) is 96.9 Å². The van der Waals surface area contributed by atoms with E-state index >= 15 is 0 Å². The van der Waals surface area contributed by atoms with E-state index in [4.69, 9.17) is 9.47 Å². The van der Waals surface area contributed by atoms with Gasteiger partial charge in [-0.3, -0.25) is 9.59 Å². The molecule has 0 aromatic heterocycles. The largest absolute Gasteiger partial charge is 0.471 e. The second kappa shape index (κ2) is 7.53. The molecule has 1 aliphatic heterocycles. The first kappa shape index (κ1) is 20.4. The number of carbonyl (C=O) groups is 2. The molecule has 0 bridgehead atoms. The highest BCUT2D eigenvalue weighted by molar-refractivity contribution is 5.82. The Labute approximate surface area is 131 Å². The molecule has 0 spiro atoms. The van der Waals surface area contributed by atoms with Gasteiger partial charge in [0, 0.05) is 20.1 Å². The van der Waals surface area contributed by atoms with Crippen LogP contribution in [0.3, 0.4) is 0 Å². The van der Waals surface area contributed by atoms with Crippen LogP contribution in [-0.4, -0.2) is 67.5 Å². The first-order chi connectivity index (χ1) is 10.9. The van der Waals surface area contributed by atoms with Gasteiger partial charge in [0.05, 0.1) is 6.04 Å².